The Morgan fingerprint density at radius 2 is 2.29 bits per heavy atom. The van der Waals surface area contributed by atoms with Crippen molar-refractivity contribution in [2.45, 2.75) is 13.0 Å². The molecule has 0 aliphatic carbocycles. The average molecular weight is 199 g/mol. The number of hydrogen-bond donors (Lipinski definition) is 2. The number of rotatable bonds is 2. The van der Waals surface area contributed by atoms with Gasteiger partial charge in [-0.05, 0) is 6.07 Å². The number of pyridine rings is 1. The van der Waals surface area contributed by atoms with Crippen LogP contribution in [0.15, 0.2) is 6.07 Å². The summed E-state index contributed by atoms with van der Waals surface area (Å²) in [6.07, 6.45) is -2.83. The van der Waals surface area contributed by atoms with E-state index in [1.807, 2.05) is 0 Å². The first-order valence-electron chi connectivity index (χ1n) is 3.68. The molecule has 14 heavy (non-hydrogen) atoms. The van der Waals surface area contributed by atoms with Crippen LogP contribution in [-0.2, 0) is 6.61 Å². The fourth-order valence-electron chi connectivity index (χ4n) is 0.992. The Bertz CT molecular complexity index is 387. The molecule has 6 heteroatoms. The van der Waals surface area contributed by atoms with Gasteiger partial charge in [0.15, 0.2) is 5.69 Å². The van der Waals surface area contributed by atoms with Crippen LogP contribution in [0.4, 0.5) is 14.5 Å². The molecule has 0 saturated heterocycles. The largest absolute Gasteiger partial charge is 0.396 e. The first kappa shape index (κ1) is 10.3. The number of anilines is 1. The molecule has 74 valence electrons. The van der Waals surface area contributed by atoms with Gasteiger partial charge in [-0.25, -0.2) is 13.8 Å². The van der Waals surface area contributed by atoms with E-state index in [2.05, 4.69) is 4.98 Å². The van der Waals surface area contributed by atoms with Gasteiger partial charge in [-0.3, -0.25) is 0 Å². The Hall–Kier alpha value is -1.74. The number of aromatic nitrogens is 1. The summed E-state index contributed by atoms with van der Waals surface area (Å²) in [7, 11) is 0. The smallest absolute Gasteiger partial charge is 0.280 e. The first-order valence-corrected chi connectivity index (χ1v) is 3.68. The molecular formula is C8H7F2N3O. The van der Waals surface area contributed by atoms with E-state index in [1.165, 1.54) is 0 Å². The second-order valence-corrected chi connectivity index (χ2v) is 2.54. The lowest BCUT2D eigenvalue weighted by atomic mass is 10.1. The van der Waals surface area contributed by atoms with Crippen LogP contribution in [0.5, 0.6) is 0 Å². The number of nitriles is 1. The summed E-state index contributed by atoms with van der Waals surface area (Å²) in [5.74, 6) is 0. The van der Waals surface area contributed by atoms with Gasteiger partial charge in [0.05, 0.1) is 12.3 Å². The monoisotopic (exact) mass is 199 g/mol. The second kappa shape index (κ2) is 3.98. The highest BCUT2D eigenvalue weighted by molar-refractivity contribution is 5.52. The van der Waals surface area contributed by atoms with Crippen LogP contribution in [0.1, 0.15) is 23.4 Å². The van der Waals surface area contributed by atoms with Crippen molar-refractivity contribution in [2.24, 2.45) is 0 Å². The third-order valence-corrected chi connectivity index (χ3v) is 1.65. The lowest BCUT2D eigenvalue weighted by Crippen LogP contribution is -2.04. The van der Waals surface area contributed by atoms with E-state index in [0.29, 0.717) is 0 Å². The lowest BCUT2D eigenvalue weighted by molar-refractivity contribution is 0.141. The van der Waals surface area contributed by atoms with Gasteiger partial charge in [0.1, 0.15) is 11.8 Å². The standard InChI is InChI=1S/C8H7F2N3O/c9-8(10)7-4(3-14)1-5(12)6(2-11)13-7/h1,8,14H,3,12H2. The summed E-state index contributed by atoms with van der Waals surface area (Å²) in [5.41, 5.74) is 4.41. The molecule has 0 aliphatic heterocycles. The number of halogens is 2. The normalized spacial score (nSPS) is 10.2. The van der Waals surface area contributed by atoms with Crippen molar-refractivity contribution in [3.8, 4) is 6.07 Å². The number of aliphatic hydroxyl groups excluding tert-OH is 1. The fraction of sp³-hybridized carbons (Fsp3) is 0.250. The molecule has 1 aromatic rings. The molecule has 0 unspecified atom stereocenters. The second-order valence-electron chi connectivity index (χ2n) is 2.54. The maximum absolute atomic E-state index is 12.3. The Morgan fingerprint density at radius 3 is 2.71 bits per heavy atom. The minimum atomic E-state index is -2.83. The SMILES string of the molecule is N#Cc1nc(C(F)F)c(CO)cc1N. The fourth-order valence-corrected chi connectivity index (χ4v) is 0.992. The Kier molecular flexibility index (Phi) is 2.94. The summed E-state index contributed by atoms with van der Waals surface area (Å²) < 4.78 is 24.7. The molecule has 0 spiro atoms. The van der Waals surface area contributed by atoms with E-state index in [1.54, 1.807) is 6.07 Å². The highest BCUT2D eigenvalue weighted by atomic mass is 19.3. The first-order chi connectivity index (χ1) is 6.60. The molecule has 1 aromatic heterocycles. The van der Waals surface area contributed by atoms with E-state index in [4.69, 9.17) is 16.1 Å². The lowest BCUT2D eigenvalue weighted by Gasteiger charge is -2.07. The van der Waals surface area contributed by atoms with Crippen LogP contribution in [0.3, 0.4) is 0 Å². The van der Waals surface area contributed by atoms with Crippen molar-refractivity contribution >= 4 is 5.69 Å². The predicted molar refractivity (Wildman–Crippen MR) is 44.2 cm³/mol. The Morgan fingerprint density at radius 1 is 1.64 bits per heavy atom. The molecule has 0 radical (unpaired) electrons. The number of nitrogens with zero attached hydrogens (tertiary/aromatic N) is 2. The molecule has 0 bridgehead atoms. The number of nitrogen functional groups attached to an aromatic ring is 1. The van der Waals surface area contributed by atoms with Gasteiger partial charge in [0, 0.05) is 5.56 Å². The highest BCUT2D eigenvalue weighted by Crippen LogP contribution is 2.24. The maximum atomic E-state index is 12.3. The minimum absolute atomic E-state index is 0.0130. The molecule has 1 heterocycles. The van der Waals surface area contributed by atoms with Crippen LogP contribution >= 0.6 is 0 Å². The van der Waals surface area contributed by atoms with Gasteiger partial charge in [-0.1, -0.05) is 0 Å². The van der Waals surface area contributed by atoms with Crippen molar-refractivity contribution in [3.05, 3.63) is 23.0 Å². The number of aliphatic hydroxyl groups is 1. The average Bonchev–Trinajstić information content (AvgIpc) is 2.16. The van der Waals surface area contributed by atoms with E-state index in [9.17, 15) is 8.78 Å². The van der Waals surface area contributed by atoms with Gasteiger partial charge in [-0.2, -0.15) is 5.26 Å². The quantitative estimate of drug-likeness (QED) is 0.743. The maximum Gasteiger partial charge on any atom is 0.280 e. The Labute approximate surface area is 78.6 Å². The number of nitrogens with two attached hydrogens (primary N) is 1. The predicted octanol–water partition coefficient (Wildman–Crippen LogP) is 0.965. The van der Waals surface area contributed by atoms with E-state index < -0.39 is 18.7 Å². The van der Waals surface area contributed by atoms with E-state index in [0.717, 1.165) is 6.07 Å². The summed E-state index contributed by atoms with van der Waals surface area (Å²) in [5, 5.41) is 17.2. The van der Waals surface area contributed by atoms with Gasteiger partial charge in [-0.15, -0.1) is 0 Å². The molecule has 0 amide bonds. The summed E-state index contributed by atoms with van der Waals surface area (Å²) in [6, 6.07) is 2.72. The molecule has 4 nitrogen and oxygen atoms in total. The van der Waals surface area contributed by atoms with Gasteiger partial charge in [0.2, 0.25) is 0 Å². The zero-order valence-electron chi connectivity index (χ0n) is 7.04. The molecular weight excluding hydrogens is 192 g/mol. The van der Waals surface area contributed by atoms with Crippen LogP contribution in [0.2, 0.25) is 0 Å². The summed E-state index contributed by atoms with van der Waals surface area (Å²) >= 11 is 0. The number of alkyl halides is 2. The molecule has 0 atom stereocenters. The van der Waals surface area contributed by atoms with Crippen LogP contribution in [0, 0.1) is 11.3 Å². The summed E-state index contributed by atoms with van der Waals surface area (Å²) in [6.45, 7) is -0.581. The van der Waals surface area contributed by atoms with Crippen LogP contribution < -0.4 is 5.73 Å². The molecule has 1 rings (SSSR count). The third-order valence-electron chi connectivity index (χ3n) is 1.65. The van der Waals surface area contributed by atoms with Gasteiger partial charge >= 0.3 is 0 Å². The van der Waals surface area contributed by atoms with E-state index in [-0.39, 0.29) is 16.9 Å². The van der Waals surface area contributed by atoms with E-state index >= 15 is 0 Å². The van der Waals surface area contributed by atoms with Crippen LogP contribution in [0.25, 0.3) is 0 Å². The van der Waals surface area contributed by atoms with Crippen molar-refractivity contribution in [1.82, 2.24) is 4.98 Å². The molecule has 0 saturated carbocycles. The minimum Gasteiger partial charge on any atom is -0.396 e. The Balaban J connectivity index is 3.34. The topological polar surface area (TPSA) is 82.9 Å². The number of hydrogen-bond acceptors (Lipinski definition) is 4. The zero-order chi connectivity index (χ0) is 10.7. The third kappa shape index (κ3) is 1.78. The molecule has 0 fully saturated rings. The van der Waals surface area contributed by atoms with Crippen molar-refractivity contribution in [2.75, 3.05) is 5.73 Å². The highest BCUT2D eigenvalue weighted by Gasteiger charge is 2.17. The van der Waals surface area contributed by atoms with Crippen molar-refractivity contribution < 1.29 is 13.9 Å². The van der Waals surface area contributed by atoms with Crippen LogP contribution in [-0.4, -0.2) is 10.1 Å². The molecule has 0 aromatic carbocycles. The van der Waals surface area contributed by atoms with Gasteiger partial charge < -0.3 is 10.8 Å². The van der Waals surface area contributed by atoms with Crippen molar-refractivity contribution in [3.63, 3.8) is 0 Å². The molecule has 3 N–H and O–H groups in total. The summed E-state index contributed by atoms with van der Waals surface area (Å²) in [4.78, 5) is 3.36. The van der Waals surface area contributed by atoms with Crippen molar-refractivity contribution in [1.29, 1.82) is 5.26 Å². The zero-order valence-corrected chi connectivity index (χ0v) is 7.04. The van der Waals surface area contributed by atoms with Gasteiger partial charge in [0.25, 0.3) is 6.43 Å². The molecule has 0 aliphatic rings.